The molecule has 0 aliphatic carbocycles. The summed E-state index contributed by atoms with van der Waals surface area (Å²) in [6.07, 6.45) is 1.42. The van der Waals surface area contributed by atoms with E-state index in [2.05, 4.69) is 15.3 Å². The third-order valence-electron chi connectivity index (χ3n) is 3.23. The molecule has 2 heterocycles. The number of H-pyrrole nitrogens is 1. The first kappa shape index (κ1) is 17.8. The second-order valence-electron chi connectivity index (χ2n) is 5.03. The van der Waals surface area contributed by atoms with Crippen LogP contribution in [-0.2, 0) is 4.79 Å². The first-order valence-corrected chi connectivity index (χ1v) is 8.69. The Hall–Kier alpha value is -3.02. The van der Waals surface area contributed by atoms with Crippen LogP contribution in [-0.4, -0.2) is 21.6 Å². The Morgan fingerprint density at radius 3 is 2.77 bits per heavy atom. The lowest BCUT2D eigenvalue weighted by molar-refractivity contribution is -0.113. The van der Waals surface area contributed by atoms with Gasteiger partial charge in [0.05, 0.1) is 12.0 Å². The fraction of sp³-hybridized carbons (Fsp3) is 0.0588. The third-order valence-corrected chi connectivity index (χ3v) is 4.36. The molecule has 1 amide bonds. The van der Waals surface area contributed by atoms with Crippen molar-refractivity contribution in [1.82, 2.24) is 9.97 Å². The maximum absolute atomic E-state index is 12.1. The van der Waals surface area contributed by atoms with Crippen molar-refractivity contribution >= 4 is 35.0 Å². The number of nitrogens with zero attached hydrogens (tertiary/aromatic N) is 2. The summed E-state index contributed by atoms with van der Waals surface area (Å²) < 4.78 is 5.22. The SMILES string of the molecule is N#Cc1c(-c2ccco2)nc(SCC(=O)Nc2ccc(Cl)cc2)[nH]c1=O. The van der Waals surface area contributed by atoms with Gasteiger partial charge >= 0.3 is 0 Å². The van der Waals surface area contributed by atoms with Crippen molar-refractivity contribution < 1.29 is 9.21 Å². The molecular formula is C17H11ClN4O3S. The maximum Gasteiger partial charge on any atom is 0.270 e. The van der Waals surface area contributed by atoms with Crippen LogP contribution in [0.3, 0.4) is 0 Å². The van der Waals surface area contributed by atoms with Gasteiger partial charge < -0.3 is 14.7 Å². The van der Waals surface area contributed by atoms with E-state index in [-0.39, 0.29) is 28.1 Å². The average molecular weight is 387 g/mol. The van der Waals surface area contributed by atoms with Gasteiger partial charge in [-0.2, -0.15) is 5.26 Å². The standard InChI is InChI=1S/C17H11ClN4O3S/c18-10-3-5-11(6-4-10)20-14(23)9-26-17-21-15(13-2-1-7-25-13)12(8-19)16(24)22-17/h1-7H,9H2,(H,20,23)(H,21,22,24). The zero-order valence-electron chi connectivity index (χ0n) is 13.2. The number of halogens is 1. The summed E-state index contributed by atoms with van der Waals surface area (Å²) in [4.78, 5) is 30.8. The van der Waals surface area contributed by atoms with Crippen LogP contribution in [0.4, 0.5) is 5.69 Å². The van der Waals surface area contributed by atoms with Crippen LogP contribution in [0.2, 0.25) is 5.02 Å². The lowest BCUT2D eigenvalue weighted by atomic mass is 10.2. The first-order chi connectivity index (χ1) is 12.6. The summed E-state index contributed by atoms with van der Waals surface area (Å²) in [6.45, 7) is 0. The monoisotopic (exact) mass is 386 g/mol. The number of aromatic nitrogens is 2. The smallest absolute Gasteiger partial charge is 0.270 e. The molecule has 0 bridgehead atoms. The third kappa shape index (κ3) is 4.14. The minimum absolute atomic E-state index is 0.0229. The number of anilines is 1. The van der Waals surface area contributed by atoms with Gasteiger partial charge in [0.25, 0.3) is 5.56 Å². The van der Waals surface area contributed by atoms with E-state index in [9.17, 15) is 9.59 Å². The van der Waals surface area contributed by atoms with Gasteiger partial charge in [-0.15, -0.1) is 0 Å². The van der Waals surface area contributed by atoms with E-state index in [1.165, 1.54) is 6.26 Å². The molecule has 1 aromatic carbocycles. The Morgan fingerprint density at radius 2 is 2.12 bits per heavy atom. The number of nitriles is 1. The fourth-order valence-electron chi connectivity index (χ4n) is 2.08. The highest BCUT2D eigenvalue weighted by Gasteiger charge is 2.16. The van der Waals surface area contributed by atoms with Gasteiger partial charge in [0.1, 0.15) is 17.3 Å². The van der Waals surface area contributed by atoms with Crippen molar-refractivity contribution in [2.24, 2.45) is 0 Å². The summed E-state index contributed by atoms with van der Waals surface area (Å²) in [5, 5.41) is 12.7. The Kier molecular flexibility index (Phi) is 5.41. The number of hydrogen-bond acceptors (Lipinski definition) is 6. The topological polar surface area (TPSA) is 112 Å². The number of carbonyl (C=O) groups is 1. The zero-order chi connectivity index (χ0) is 18.5. The summed E-state index contributed by atoms with van der Waals surface area (Å²) in [5.74, 6) is 0.0544. The Bertz CT molecular complexity index is 1020. The maximum atomic E-state index is 12.1. The predicted molar refractivity (Wildman–Crippen MR) is 98.1 cm³/mol. The molecule has 2 aromatic heterocycles. The predicted octanol–water partition coefficient (Wildman–Crippen LogP) is 3.29. The van der Waals surface area contributed by atoms with Crippen molar-refractivity contribution in [1.29, 1.82) is 5.26 Å². The van der Waals surface area contributed by atoms with E-state index in [0.717, 1.165) is 11.8 Å². The normalized spacial score (nSPS) is 10.3. The lowest BCUT2D eigenvalue weighted by Crippen LogP contribution is -2.17. The van der Waals surface area contributed by atoms with Gasteiger partial charge in [0.15, 0.2) is 10.9 Å². The number of rotatable bonds is 5. The first-order valence-electron chi connectivity index (χ1n) is 7.33. The molecular weight excluding hydrogens is 376 g/mol. The minimum Gasteiger partial charge on any atom is -0.463 e. The molecule has 0 radical (unpaired) electrons. The molecule has 0 spiro atoms. The number of nitrogens with one attached hydrogen (secondary N) is 2. The molecule has 0 saturated heterocycles. The Labute approximate surface area is 157 Å². The molecule has 2 N–H and O–H groups in total. The quantitative estimate of drug-likeness (QED) is 0.514. The van der Waals surface area contributed by atoms with Crippen LogP contribution in [0.1, 0.15) is 5.56 Å². The van der Waals surface area contributed by atoms with Crippen molar-refractivity contribution in [3.05, 3.63) is 63.6 Å². The lowest BCUT2D eigenvalue weighted by Gasteiger charge is -2.06. The number of benzene rings is 1. The highest BCUT2D eigenvalue weighted by atomic mass is 35.5. The van der Waals surface area contributed by atoms with Crippen LogP contribution in [0, 0.1) is 11.3 Å². The van der Waals surface area contributed by atoms with Gasteiger partial charge in [0.2, 0.25) is 5.91 Å². The van der Waals surface area contributed by atoms with E-state index >= 15 is 0 Å². The van der Waals surface area contributed by atoms with Gasteiger partial charge in [-0.05, 0) is 36.4 Å². The van der Waals surface area contributed by atoms with E-state index in [1.807, 2.05) is 6.07 Å². The zero-order valence-corrected chi connectivity index (χ0v) is 14.7. The van der Waals surface area contributed by atoms with Crippen LogP contribution in [0.5, 0.6) is 0 Å². The molecule has 0 fully saturated rings. The Balaban J connectivity index is 1.74. The van der Waals surface area contributed by atoms with Crippen molar-refractivity contribution in [3.63, 3.8) is 0 Å². The molecule has 130 valence electrons. The number of amides is 1. The molecule has 9 heteroatoms. The number of thioether (sulfide) groups is 1. The number of carbonyl (C=O) groups excluding carboxylic acids is 1. The Morgan fingerprint density at radius 1 is 1.35 bits per heavy atom. The molecule has 0 saturated carbocycles. The fourth-order valence-corrected chi connectivity index (χ4v) is 2.87. The summed E-state index contributed by atoms with van der Waals surface area (Å²) in [7, 11) is 0. The van der Waals surface area contributed by atoms with Crippen LogP contribution >= 0.6 is 23.4 Å². The number of furan rings is 1. The van der Waals surface area contributed by atoms with E-state index in [4.69, 9.17) is 21.3 Å². The second-order valence-corrected chi connectivity index (χ2v) is 6.43. The number of aromatic amines is 1. The molecule has 3 aromatic rings. The molecule has 0 aliphatic heterocycles. The molecule has 7 nitrogen and oxygen atoms in total. The highest BCUT2D eigenvalue weighted by molar-refractivity contribution is 7.99. The largest absolute Gasteiger partial charge is 0.463 e. The summed E-state index contributed by atoms with van der Waals surface area (Å²) >= 11 is 6.84. The van der Waals surface area contributed by atoms with E-state index in [0.29, 0.717) is 16.5 Å². The second kappa shape index (κ2) is 7.91. The van der Waals surface area contributed by atoms with Gasteiger partial charge in [0, 0.05) is 10.7 Å². The van der Waals surface area contributed by atoms with Gasteiger partial charge in [-0.3, -0.25) is 9.59 Å². The van der Waals surface area contributed by atoms with Crippen molar-refractivity contribution in [3.8, 4) is 17.5 Å². The molecule has 0 unspecified atom stereocenters. The van der Waals surface area contributed by atoms with Gasteiger partial charge in [-0.1, -0.05) is 23.4 Å². The number of hydrogen-bond donors (Lipinski definition) is 2. The van der Waals surface area contributed by atoms with Crippen LogP contribution in [0.25, 0.3) is 11.5 Å². The molecule has 3 rings (SSSR count). The van der Waals surface area contributed by atoms with Crippen molar-refractivity contribution in [2.45, 2.75) is 5.16 Å². The van der Waals surface area contributed by atoms with Crippen LogP contribution < -0.4 is 10.9 Å². The van der Waals surface area contributed by atoms with Gasteiger partial charge in [-0.25, -0.2) is 4.98 Å². The summed E-state index contributed by atoms with van der Waals surface area (Å²) in [6, 6.07) is 11.7. The van der Waals surface area contributed by atoms with Crippen molar-refractivity contribution in [2.75, 3.05) is 11.1 Å². The molecule has 26 heavy (non-hydrogen) atoms. The average Bonchev–Trinajstić information content (AvgIpc) is 3.16. The minimum atomic E-state index is -0.588. The van der Waals surface area contributed by atoms with Crippen LogP contribution in [0.15, 0.2) is 57.0 Å². The van der Waals surface area contributed by atoms with E-state index < -0.39 is 5.56 Å². The molecule has 0 aliphatic rings. The summed E-state index contributed by atoms with van der Waals surface area (Å²) in [5.41, 5.74) is 0.0174. The highest BCUT2D eigenvalue weighted by Crippen LogP contribution is 2.22. The van der Waals surface area contributed by atoms with E-state index in [1.54, 1.807) is 36.4 Å². The molecule has 0 atom stereocenters.